The van der Waals surface area contributed by atoms with E-state index in [0.717, 1.165) is 10.9 Å². The van der Waals surface area contributed by atoms with Gasteiger partial charge in [-0.15, -0.1) is 0 Å². The highest BCUT2D eigenvalue weighted by Crippen LogP contribution is 2.31. The van der Waals surface area contributed by atoms with Crippen LogP contribution in [0.3, 0.4) is 0 Å². The Balaban J connectivity index is 2.36. The van der Waals surface area contributed by atoms with Crippen molar-refractivity contribution in [3.8, 4) is 11.5 Å². The number of nitrogens with two attached hydrogens (primary N) is 1. The minimum atomic E-state index is -0.520. The average Bonchev–Trinajstić information content (AvgIpc) is 2.71. The van der Waals surface area contributed by atoms with E-state index in [9.17, 15) is 4.79 Å². The smallest absolute Gasteiger partial charge is 0.255 e. The molecule has 5 heteroatoms. The van der Waals surface area contributed by atoms with E-state index in [2.05, 4.69) is 4.98 Å². The summed E-state index contributed by atoms with van der Waals surface area (Å²) in [5, 5.41) is 1.02. The first-order chi connectivity index (χ1) is 7.70. The number of hydrogen-bond acceptors (Lipinski definition) is 3. The van der Waals surface area contributed by atoms with Crippen molar-refractivity contribution >= 4 is 16.8 Å². The molecule has 16 heavy (non-hydrogen) atoms. The highest BCUT2D eigenvalue weighted by atomic mass is 16.5. The number of methoxy groups -OCH3 is 1. The molecule has 0 saturated heterocycles. The molecule has 0 aliphatic rings. The second kappa shape index (κ2) is 4.14. The second-order valence-corrected chi connectivity index (χ2v) is 3.32. The van der Waals surface area contributed by atoms with Gasteiger partial charge in [0.25, 0.3) is 5.91 Å². The number of primary amides is 1. The number of amides is 1. The number of fused-ring (bicyclic) bond motifs is 1. The van der Waals surface area contributed by atoms with Crippen LogP contribution in [0.15, 0.2) is 24.4 Å². The number of benzene rings is 1. The molecule has 0 fully saturated rings. The number of ether oxygens (including phenoxy) is 2. The van der Waals surface area contributed by atoms with E-state index in [1.165, 1.54) is 0 Å². The number of carbonyl (C=O) groups is 1. The first kappa shape index (κ1) is 10.4. The monoisotopic (exact) mass is 220 g/mol. The maximum Gasteiger partial charge on any atom is 0.255 e. The Labute approximate surface area is 92.1 Å². The highest BCUT2D eigenvalue weighted by Gasteiger charge is 2.08. The number of carbonyl (C=O) groups excluding carboxylic acids is 1. The number of nitrogens with one attached hydrogen (secondary N) is 1. The maximum atomic E-state index is 10.6. The Kier molecular flexibility index (Phi) is 2.68. The van der Waals surface area contributed by atoms with Gasteiger partial charge in [-0.1, -0.05) is 0 Å². The van der Waals surface area contributed by atoms with Crippen molar-refractivity contribution in [3.05, 3.63) is 24.4 Å². The van der Waals surface area contributed by atoms with Crippen LogP contribution in [-0.4, -0.2) is 24.6 Å². The van der Waals surface area contributed by atoms with Crippen LogP contribution >= 0.6 is 0 Å². The molecule has 1 aromatic carbocycles. The molecule has 0 radical (unpaired) electrons. The summed E-state index contributed by atoms with van der Waals surface area (Å²) >= 11 is 0. The molecule has 2 rings (SSSR count). The number of hydrogen-bond donors (Lipinski definition) is 2. The lowest BCUT2D eigenvalue weighted by atomic mass is 10.2. The molecule has 0 atom stereocenters. The van der Waals surface area contributed by atoms with Gasteiger partial charge in [-0.2, -0.15) is 0 Å². The van der Waals surface area contributed by atoms with Gasteiger partial charge in [-0.05, 0) is 12.1 Å². The van der Waals surface area contributed by atoms with Gasteiger partial charge in [0.05, 0.1) is 7.11 Å². The van der Waals surface area contributed by atoms with Crippen LogP contribution in [-0.2, 0) is 4.79 Å². The summed E-state index contributed by atoms with van der Waals surface area (Å²) in [5.41, 5.74) is 5.93. The fourth-order valence-corrected chi connectivity index (χ4v) is 1.48. The van der Waals surface area contributed by atoms with Crippen molar-refractivity contribution in [2.24, 2.45) is 5.73 Å². The van der Waals surface area contributed by atoms with Crippen LogP contribution in [0.25, 0.3) is 10.9 Å². The highest BCUT2D eigenvalue weighted by molar-refractivity contribution is 5.83. The van der Waals surface area contributed by atoms with Gasteiger partial charge in [-0.25, -0.2) is 0 Å². The van der Waals surface area contributed by atoms with Crippen LogP contribution in [0.4, 0.5) is 0 Å². The van der Waals surface area contributed by atoms with Crippen molar-refractivity contribution in [3.63, 3.8) is 0 Å². The van der Waals surface area contributed by atoms with Gasteiger partial charge in [0, 0.05) is 23.2 Å². The molecule has 0 bridgehead atoms. The third kappa shape index (κ3) is 1.93. The van der Waals surface area contributed by atoms with E-state index in [-0.39, 0.29) is 6.61 Å². The fraction of sp³-hybridized carbons (Fsp3) is 0.182. The van der Waals surface area contributed by atoms with Crippen molar-refractivity contribution in [2.45, 2.75) is 0 Å². The molecule has 0 aliphatic heterocycles. The third-order valence-electron chi connectivity index (χ3n) is 2.21. The van der Waals surface area contributed by atoms with Crippen LogP contribution in [0.1, 0.15) is 0 Å². The van der Waals surface area contributed by atoms with Crippen LogP contribution in [0, 0.1) is 0 Å². The Morgan fingerprint density at radius 3 is 2.94 bits per heavy atom. The Bertz CT molecular complexity index is 519. The van der Waals surface area contributed by atoms with Gasteiger partial charge in [0.1, 0.15) is 0 Å². The molecule has 5 nitrogen and oxygen atoms in total. The average molecular weight is 220 g/mol. The van der Waals surface area contributed by atoms with Gasteiger partial charge in [-0.3, -0.25) is 4.79 Å². The van der Waals surface area contributed by atoms with Gasteiger partial charge < -0.3 is 20.2 Å². The van der Waals surface area contributed by atoms with Crippen molar-refractivity contribution in [1.82, 2.24) is 4.98 Å². The molecule has 2 aromatic rings. The Hall–Kier alpha value is -2.17. The lowest BCUT2D eigenvalue weighted by molar-refractivity contribution is -0.119. The zero-order chi connectivity index (χ0) is 11.5. The predicted octanol–water partition coefficient (Wildman–Crippen LogP) is 1.04. The second-order valence-electron chi connectivity index (χ2n) is 3.32. The normalized spacial score (nSPS) is 10.3. The molecule has 0 saturated carbocycles. The van der Waals surface area contributed by atoms with E-state index in [1.807, 2.05) is 18.3 Å². The lowest BCUT2D eigenvalue weighted by Crippen LogP contribution is -2.20. The van der Waals surface area contributed by atoms with E-state index >= 15 is 0 Å². The van der Waals surface area contributed by atoms with E-state index in [0.29, 0.717) is 11.5 Å². The summed E-state index contributed by atoms with van der Waals surface area (Å²) in [6.07, 6.45) is 1.82. The van der Waals surface area contributed by atoms with Gasteiger partial charge >= 0.3 is 0 Å². The lowest BCUT2D eigenvalue weighted by Gasteiger charge is -2.09. The largest absolute Gasteiger partial charge is 0.493 e. The number of H-pyrrole nitrogens is 1. The standard InChI is InChI=1S/C11H12N2O3/c1-15-9-4-7-2-3-13-8(7)5-10(9)16-6-11(12)14/h2-5,13H,6H2,1H3,(H2,12,14). The van der Waals surface area contributed by atoms with Crippen LogP contribution in [0.5, 0.6) is 11.5 Å². The summed E-state index contributed by atoms with van der Waals surface area (Å²) in [7, 11) is 1.55. The zero-order valence-electron chi connectivity index (χ0n) is 8.82. The summed E-state index contributed by atoms with van der Waals surface area (Å²) < 4.78 is 10.4. The van der Waals surface area contributed by atoms with Crippen molar-refractivity contribution < 1.29 is 14.3 Å². The van der Waals surface area contributed by atoms with E-state index < -0.39 is 5.91 Å². The molecule has 3 N–H and O–H groups in total. The SMILES string of the molecule is COc1cc2cc[nH]c2cc1OCC(N)=O. The molecule has 0 unspecified atom stereocenters. The molecule has 1 heterocycles. The summed E-state index contributed by atoms with van der Waals surface area (Å²) in [5.74, 6) is 0.554. The zero-order valence-corrected chi connectivity index (χ0v) is 8.82. The number of rotatable bonds is 4. The van der Waals surface area contributed by atoms with Gasteiger partial charge in [0.15, 0.2) is 18.1 Å². The molecular formula is C11H12N2O3. The molecule has 1 amide bonds. The van der Waals surface area contributed by atoms with Crippen LogP contribution < -0.4 is 15.2 Å². The predicted molar refractivity (Wildman–Crippen MR) is 59.5 cm³/mol. The Morgan fingerprint density at radius 1 is 1.44 bits per heavy atom. The van der Waals surface area contributed by atoms with E-state index in [4.69, 9.17) is 15.2 Å². The topological polar surface area (TPSA) is 77.3 Å². The number of aromatic amines is 1. The molecule has 0 aliphatic carbocycles. The molecule has 1 aromatic heterocycles. The summed E-state index contributed by atoms with van der Waals surface area (Å²) in [6.45, 7) is -0.164. The quantitative estimate of drug-likeness (QED) is 0.808. The Morgan fingerprint density at radius 2 is 2.25 bits per heavy atom. The fourth-order valence-electron chi connectivity index (χ4n) is 1.48. The molecular weight excluding hydrogens is 208 g/mol. The first-order valence-corrected chi connectivity index (χ1v) is 4.77. The first-order valence-electron chi connectivity index (χ1n) is 4.77. The minimum Gasteiger partial charge on any atom is -0.493 e. The minimum absolute atomic E-state index is 0.164. The van der Waals surface area contributed by atoms with Crippen LogP contribution in [0.2, 0.25) is 0 Å². The molecule has 0 spiro atoms. The maximum absolute atomic E-state index is 10.6. The van der Waals surface area contributed by atoms with E-state index in [1.54, 1.807) is 13.2 Å². The number of aromatic nitrogens is 1. The third-order valence-corrected chi connectivity index (χ3v) is 2.21. The van der Waals surface area contributed by atoms with Gasteiger partial charge in [0.2, 0.25) is 0 Å². The van der Waals surface area contributed by atoms with Crippen molar-refractivity contribution in [2.75, 3.05) is 13.7 Å². The summed E-state index contributed by atoms with van der Waals surface area (Å²) in [4.78, 5) is 13.7. The summed E-state index contributed by atoms with van der Waals surface area (Å²) in [6, 6.07) is 5.54. The molecule has 84 valence electrons. The van der Waals surface area contributed by atoms with Crippen molar-refractivity contribution in [1.29, 1.82) is 0 Å².